The number of rotatable bonds is 6. The van der Waals surface area contributed by atoms with Crippen molar-refractivity contribution in [3.63, 3.8) is 0 Å². The first-order valence-corrected chi connectivity index (χ1v) is 9.36. The van der Waals surface area contributed by atoms with Crippen LogP contribution in [0.5, 0.6) is 0 Å². The molecule has 1 N–H and O–H groups in total. The maximum Gasteiger partial charge on any atom is 0.245 e. The summed E-state index contributed by atoms with van der Waals surface area (Å²) in [4.78, 5) is 0.146. The molecule has 0 atom stereocenters. The molecule has 3 aromatic rings. The Balaban J connectivity index is 1.65. The van der Waals surface area contributed by atoms with Crippen LogP contribution in [0.2, 0.25) is 0 Å². The zero-order valence-electron chi connectivity index (χ0n) is 13.7. The lowest BCUT2D eigenvalue weighted by Crippen LogP contribution is -2.26. The summed E-state index contributed by atoms with van der Waals surface area (Å²) in [5.74, 6) is 0.314. The van der Waals surface area contributed by atoms with Gasteiger partial charge >= 0.3 is 0 Å². The third kappa shape index (κ3) is 3.34. The number of nitrogens with one attached hydrogen (secondary N) is 1. The molecule has 6 heteroatoms. The van der Waals surface area contributed by atoms with Crippen molar-refractivity contribution in [3.05, 3.63) is 59.5 Å². The molecule has 2 aromatic carbocycles. The van der Waals surface area contributed by atoms with Gasteiger partial charge in [-0.15, -0.1) is 0 Å². The molecule has 5 nitrogen and oxygen atoms in total. The third-order valence-corrected chi connectivity index (χ3v) is 5.74. The number of benzene rings is 2. The molecule has 0 aliphatic heterocycles. The zero-order chi connectivity index (χ0) is 17.2. The summed E-state index contributed by atoms with van der Waals surface area (Å²) in [6, 6.07) is 14.4. The van der Waals surface area contributed by atoms with E-state index in [0.717, 1.165) is 12.8 Å². The van der Waals surface area contributed by atoms with Crippen LogP contribution < -0.4 is 4.72 Å². The van der Waals surface area contributed by atoms with Gasteiger partial charge < -0.3 is 4.52 Å². The van der Waals surface area contributed by atoms with Gasteiger partial charge in [-0.2, -0.15) is 0 Å². The molecule has 1 aromatic heterocycles. The number of fused-ring (bicyclic) bond motifs is 1. The minimum atomic E-state index is -3.58. The van der Waals surface area contributed by atoms with Crippen molar-refractivity contribution >= 4 is 20.8 Å². The van der Waals surface area contributed by atoms with Crippen LogP contribution in [-0.2, 0) is 16.4 Å². The molecule has 0 fully saturated rings. The molecule has 0 amide bonds. The maximum absolute atomic E-state index is 12.3. The minimum Gasteiger partial charge on any atom is -0.360 e. The largest absolute Gasteiger partial charge is 0.360 e. The lowest BCUT2D eigenvalue weighted by atomic mass is 10.0. The smallest absolute Gasteiger partial charge is 0.245 e. The average molecular weight is 344 g/mol. The van der Waals surface area contributed by atoms with Crippen molar-refractivity contribution in [2.45, 2.75) is 31.6 Å². The van der Waals surface area contributed by atoms with E-state index in [9.17, 15) is 8.42 Å². The number of nitrogens with zero attached hydrogens (tertiary/aromatic N) is 1. The molecule has 0 aliphatic carbocycles. The summed E-state index contributed by atoms with van der Waals surface area (Å²) >= 11 is 0. The van der Waals surface area contributed by atoms with E-state index in [0.29, 0.717) is 18.0 Å². The van der Waals surface area contributed by atoms with Crippen LogP contribution in [0.1, 0.15) is 23.4 Å². The lowest BCUT2D eigenvalue weighted by Gasteiger charge is -2.08. The second-order valence-electron chi connectivity index (χ2n) is 5.79. The number of hydrogen-bond donors (Lipinski definition) is 1. The molecule has 1 heterocycles. The van der Waals surface area contributed by atoms with E-state index in [1.165, 1.54) is 16.3 Å². The van der Waals surface area contributed by atoms with Crippen LogP contribution in [0.25, 0.3) is 10.8 Å². The highest BCUT2D eigenvalue weighted by molar-refractivity contribution is 7.89. The summed E-state index contributed by atoms with van der Waals surface area (Å²) in [7, 11) is -3.58. The highest BCUT2D eigenvalue weighted by Gasteiger charge is 2.23. The van der Waals surface area contributed by atoms with Gasteiger partial charge in [0.15, 0.2) is 5.76 Å². The van der Waals surface area contributed by atoms with Crippen molar-refractivity contribution in [1.82, 2.24) is 9.88 Å². The van der Waals surface area contributed by atoms with Crippen LogP contribution in [0, 0.1) is 13.8 Å². The number of aryl methyl sites for hydroxylation is 3. The summed E-state index contributed by atoms with van der Waals surface area (Å²) in [5.41, 5.74) is 1.61. The molecule has 0 bridgehead atoms. The first-order chi connectivity index (χ1) is 11.5. The summed E-state index contributed by atoms with van der Waals surface area (Å²) in [6.07, 6.45) is 1.53. The fourth-order valence-corrected chi connectivity index (χ4v) is 4.33. The van der Waals surface area contributed by atoms with Crippen molar-refractivity contribution in [2.24, 2.45) is 0 Å². The van der Waals surface area contributed by atoms with Gasteiger partial charge in [-0.3, -0.25) is 0 Å². The monoisotopic (exact) mass is 344 g/mol. The van der Waals surface area contributed by atoms with E-state index < -0.39 is 10.0 Å². The molecule has 0 saturated heterocycles. The van der Waals surface area contributed by atoms with E-state index in [-0.39, 0.29) is 4.90 Å². The second kappa shape index (κ2) is 6.75. The Morgan fingerprint density at radius 2 is 1.83 bits per heavy atom. The zero-order valence-corrected chi connectivity index (χ0v) is 14.6. The molecule has 0 saturated carbocycles. The van der Waals surface area contributed by atoms with Gasteiger partial charge in [0, 0.05) is 6.54 Å². The van der Waals surface area contributed by atoms with Gasteiger partial charge in [0.2, 0.25) is 10.0 Å². The number of aromatic nitrogens is 1. The predicted octanol–water partition coefficient (Wildman–Crippen LogP) is 3.36. The summed E-state index contributed by atoms with van der Waals surface area (Å²) in [5, 5.41) is 6.11. The van der Waals surface area contributed by atoms with E-state index in [4.69, 9.17) is 4.52 Å². The van der Waals surface area contributed by atoms with E-state index in [1.807, 2.05) is 18.2 Å². The Morgan fingerprint density at radius 1 is 1.08 bits per heavy atom. The van der Waals surface area contributed by atoms with Gasteiger partial charge in [0.25, 0.3) is 0 Å². The highest BCUT2D eigenvalue weighted by Crippen LogP contribution is 2.20. The standard InChI is InChI=1S/C18H20N2O3S/c1-13-18(14(2)23-20-13)24(21,22)19-12-6-10-16-9-5-8-15-7-3-4-11-17(15)16/h3-5,7-9,11,19H,6,10,12H2,1-2H3. The third-order valence-electron chi connectivity index (χ3n) is 4.03. The molecule has 0 unspecified atom stereocenters. The Morgan fingerprint density at radius 3 is 2.58 bits per heavy atom. The molecule has 0 radical (unpaired) electrons. The van der Waals surface area contributed by atoms with E-state index in [2.05, 4.69) is 34.1 Å². The Kier molecular flexibility index (Phi) is 4.69. The summed E-state index contributed by atoms with van der Waals surface area (Å²) < 4.78 is 32.3. The molecule has 126 valence electrons. The van der Waals surface area contributed by atoms with E-state index in [1.54, 1.807) is 13.8 Å². The average Bonchev–Trinajstić information content (AvgIpc) is 2.91. The van der Waals surface area contributed by atoms with Gasteiger partial charge in [-0.1, -0.05) is 47.6 Å². The lowest BCUT2D eigenvalue weighted by molar-refractivity contribution is 0.390. The number of sulfonamides is 1. The number of hydrogen-bond acceptors (Lipinski definition) is 4. The van der Waals surface area contributed by atoms with E-state index >= 15 is 0 Å². The molecule has 0 aliphatic rings. The van der Waals surface area contributed by atoms with Crippen molar-refractivity contribution in [2.75, 3.05) is 6.54 Å². The maximum atomic E-state index is 12.3. The Hall–Kier alpha value is -2.18. The van der Waals surface area contributed by atoms with Gasteiger partial charge in [-0.25, -0.2) is 13.1 Å². The van der Waals surface area contributed by atoms with Crippen LogP contribution in [0.4, 0.5) is 0 Å². The highest BCUT2D eigenvalue weighted by atomic mass is 32.2. The SMILES string of the molecule is Cc1noc(C)c1S(=O)(=O)NCCCc1cccc2ccccc12. The molecule has 24 heavy (non-hydrogen) atoms. The van der Waals surface area contributed by atoms with Crippen molar-refractivity contribution < 1.29 is 12.9 Å². The Labute approximate surface area is 141 Å². The fourth-order valence-electron chi connectivity index (χ4n) is 2.93. The molecule has 0 spiro atoms. The van der Waals surface area contributed by atoms with Gasteiger partial charge in [-0.05, 0) is 43.0 Å². The first-order valence-electron chi connectivity index (χ1n) is 7.88. The van der Waals surface area contributed by atoms with Crippen LogP contribution in [0.15, 0.2) is 51.9 Å². The van der Waals surface area contributed by atoms with Crippen LogP contribution in [0.3, 0.4) is 0 Å². The van der Waals surface area contributed by atoms with Crippen LogP contribution >= 0.6 is 0 Å². The fraction of sp³-hybridized carbons (Fsp3) is 0.278. The quantitative estimate of drug-likeness (QED) is 0.696. The van der Waals surface area contributed by atoms with Crippen molar-refractivity contribution in [3.8, 4) is 0 Å². The first kappa shape index (κ1) is 16.7. The molecular weight excluding hydrogens is 324 g/mol. The second-order valence-corrected chi connectivity index (χ2v) is 7.50. The molecule has 3 rings (SSSR count). The predicted molar refractivity (Wildman–Crippen MR) is 93.4 cm³/mol. The van der Waals surface area contributed by atoms with Gasteiger partial charge in [0.05, 0.1) is 0 Å². The summed E-state index contributed by atoms with van der Waals surface area (Å²) in [6.45, 7) is 3.60. The van der Waals surface area contributed by atoms with Crippen LogP contribution in [-0.4, -0.2) is 20.1 Å². The molecular formula is C18H20N2O3S. The Bertz CT molecular complexity index is 937. The minimum absolute atomic E-state index is 0.146. The topological polar surface area (TPSA) is 72.2 Å². The van der Waals surface area contributed by atoms with Crippen molar-refractivity contribution in [1.29, 1.82) is 0 Å². The normalized spacial score (nSPS) is 11.9. The van der Waals surface area contributed by atoms with Gasteiger partial charge in [0.1, 0.15) is 10.6 Å².